The third kappa shape index (κ3) is 5.69. The number of hydrogen-bond donors (Lipinski definition) is 0. The van der Waals surface area contributed by atoms with Crippen LogP contribution in [0.2, 0.25) is 0 Å². The number of carbonyl (C=O) groups is 1. The standard InChI is InChI=1S/C29H34N2O3S/c1-20-10-14-24(15-11-20)34-25-16-12-21(13-17-25)27-19-35-29(30-27)31(23-7-3-4-8-23)18-22-6-2-5-9-26(22)28(32)33/h2,5-6,9,12-13,16-17,19-20,23-24H,3-4,7-8,10-11,14-15,18H2,1H3,(H,32,33)/p-1. The van der Waals surface area contributed by atoms with E-state index in [2.05, 4.69) is 41.5 Å². The predicted octanol–water partition coefficient (Wildman–Crippen LogP) is 6.08. The molecule has 184 valence electrons. The molecule has 0 radical (unpaired) electrons. The van der Waals surface area contributed by atoms with E-state index in [1.54, 1.807) is 23.5 Å². The zero-order chi connectivity index (χ0) is 24.2. The maximum absolute atomic E-state index is 11.7. The van der Waals surface area contributed by atoms with Gasteiger partial charge in [-0.15, -0.1) is 11.3 Å². The van der Waals surface area contributed by atoms with Crippen molar-refractivity contribution in [1.29, 1.82) is 0 Å². The summed E-state index contributed by atoms with van der Waals surface area (Å²) in [4.78, 5) is 19.0. The van der Waals surface area contributed by atoms with Crippen molar-refractivity contribution in [2.24, 2.45) is 5.92 Å². The number of thiazole rings is 1. The summed E-state index contributed by atoms with van der Waals surface area (Å²) in [5, 5.41) is 14.7. The van der Waals surface area contributed by atoms with Crippen molar-refractivity contribution >= 4 is 22.4 Å². The Labute approximate surface area is 211 Å². The molecule has 0 spiro atoms. The van der Waals surface area contributed by atoms with E-state index in [0.717, 1.165) is 59.3 Å². The summed E-state index contributed by atoms with van der Waals surface area (Å²) < 4.78 is 6.22. The Morgan fingerprint density at radius 3 is 2.46 bits per heavy atom. The summed E-state index contributed by atoms with van der Waals surface area (Å²) in [6, 6.07) is 15.8. The van der Waals surface area contributed by atoms with Gasteiger partial charge in [-0.1, -0.05) is 44.0 Å². The van der Waals surface area contributed by atoms with Gasteiger partial charge in [0.1, 0.15) is 5.75 Å². The molecule has 35 heavy (non-hydrogen) atoms. The van der Waals surface area contributed by atoms with E-state index in [4.69, 9.17) is 9.72 Å². The van der Waals surface area contributed by atoms with Gasteiger partial charge in [0, 0.05) is 29.1 Å². The Morgan fingerprint density at radius 1 is 1.03 bits per heavy atom. The summed E-state index contributed by atoms with van der Waals surface area (Å²) in [7, 11) is 0. The van der Waals surface area contributed by atoms with E-state index in [0.29, 0.717) is 18.7 Å². The summed E-state index contributed by atoms with van der Waals surface area (Å²) in [5.41, 5.74) is 3.04. The largest absolute Gasteiger partial charge is 0.545 e. The predicted molar refractivity (Wildman–Crippen MR) is 139 cm³/mol. The second-order valence-electron chi connectivity index (χ2n) is 10.1. The molecule has 2 fully saturated rings. The molecule has 0 bridgehead atoms. The van der Waals surface area contributed by atoms with Crippen LogP contribution in [-0.4, -0.2) is 23.1 Å². The number of nitrogens with zero attached hydrogens (tertiary/aromatic N) is 2. The molecule has 0 aliphatic heterocycles. The number of rotatable bonds is 8. The first-order valence-corrected chi connectivity index (χ1v) is 13.7. The monoisotopic (exact) mass is 489 g/mol. The molecule has 0 N–H and O–H groups in total. The number of ether oxygens (including phenoxy) is 1. The molecule has 1 heterocycles. The second kappa shape index (κ2) is 10.8. The average Bonchev–Trinajstić information content (AvgIpc) is 3.58. The van der Waals surface area contributed by atoms with Crippen LogP contribution in [0.3, 0.4) is 0 Å². The Hall–Kier alpha value is -2.86. The van der Waals surface area contributed by atoms with Gasteiger partial charge in [-0.25, -0.2) is 4.98 Å². The number of aromatic carboxylic acids is 1. The number of hydrogen-bond acceptors (Lipinski definition) is 6. The summed E-state index contributed by atoms with van der Waals surface area (Å²) in [6.45, 7) is 2.84. The van der Waals surface area contributed by atoms with Crippen molar-refractivity contribution in [3.8, 4) is 17.0 Å². The molecule has 0 atom stereocenters. The summed E-state index contributed by atoms with van der Waals surface area (Å²) >= 11 is 1.63. The van der Waals surface area contributed by atoms with Crippen LogP contribution < -0.4 is 14.7 Å². The number of carboxylic acids is 1. The minimum Gasteiger partial charge on any atom is -0.545 e. The first kappa shape index (κ1) is 23.9. The van der Waals surface area contributed by atoms with Crippen LogP contribution in [0, 0.1) is 5.92 Å². The molecule has 1 aromatic heterocycles. The van der Waals surface area contributed by atoms with Gasteiger partial charge in [0.05, 0.1) is 17.8 Å². The van der Waals surface area contributed by atoms with E-state index in [-0.39, 0.29) is 5.56 Å². The fraction of sp³-hybridized carbons (Fsp3) is 0.448. The topological polar surface area (TPSA) is 65.5 Å². The lowest BCUT2D eigenvalue weighted by Gasteiger charge is -2.29. The Kier molecular flexibility index (Phi) is 7.37. The van der Waals surface area contributed by atoms with Crippen LogP contribution in [-0.2, 0) is 6.54 Å². The number of aromatic nitrogens is 1. The molecule has 3 aromatic rings. The molecular formula is C29H33N2O3S-. The fourth-order valence-corrected chi connectivity index (χ4v) is 6.29. The Morgan fingerprint density at radius 2 is 1.74 bits per heavy atom. The molecular weight excluding hydrogens is 456 g/mol. The highest BCUT2D eigenvalue weighted by molar-refractivity contribution is 7.14. The van der Waals surface area contributed by atoms with Crippen molar-refractivity contribution in [1.82, 2.24) is 4.98 Å². The fourth-order valence-electron chi connectivity index (χ4n) is 5.38. The lowest BCUT2D eigenvalue weighted by atomic mass is 9.89. The Bertz CT molecular complexity index is 1130. The van der Waals surface area contributed by atoms with Crippen molar-refractivity contribution in [3.05, 3.63) is 65.0 Å². The number of benzene rings is 2. The van der Waals surface area contributed by atoms with Gasteiger partial charge in [0.2, 0.25) is 0 Å². The number of carboxylic acid groups (broad SMARTS) is 1. The highest BCUT2D eigenvalue weighted by Crippen LogP contribution is 2.35. The van der Waals surface area contributed by atoms with Crippen molar-refractivity contribution in [2.45, 2.75) is 77.0 Å². The normalized spacial score (nSPS) is 20.6. The maximum Gasteiger partial charge on any atom is 0.186 e. The molecule has 6 heteroatoms. The molecule has 0 saturated heterocycles. The van der Waals surface area contributed by atoms with Gasteiger partial charge in [-0.2, -0.15) is 0 Å². The van der Waals surface area contributed by atoms with Crippen molar-refractivity contribution in [3.63, 3.8) is 0 Å². The van der Waals surface area contributed by atoms with Crippen LogP contribution in [0.25, 0.3) is 11.3 Å². The number of carbonyl (C=O) groups excluding carboxylic acids is 1. The minimum atomic E-state index is -1.13. The zero-order valence-corrected chi connectivity index (χ0v) is 21.1. The maximum atomic E-state index is 11.7. The van der Waals surface area contributed by atoms with Gasteiger partial charge in [-0.3, -0.25) is 0 Å². The van der Waals surface area contributed by atoms with Crippen molar-refractivity contribution < 1.29 is 14.6 Å². The van der Waals surface area contributed by atoms with Crippen LogP contribution >= 0.6 is 11.3 Å². The highest BCUT2D eigenvalue weighted by atomic mass is 32.1. The smallest absolute Gasteiger partial charge is 0.186 e. The van der Waals surface area contributed by atoms with Gasteiger partial charge in [-0.05, 0) is 74.3 Å². The minimum absolute atomic E-state index is 0.260. The second-order valence-corrected chi connectivity index (χ2v) is 10.9. The molecule has 5 rings (SSSR count). The SMILES string of the molecule is CC1CCC(Oc2ccc(-c3csc(N(Cc4ccccc4C(=O)[O-])C4CCCC4)n3)cc2)CC1. The molecule has 2 saturated carbocycles. The van der Waals surface area contributed by atoms with E-state index < -0.39 is 5.97 Å². The molecule has 2 aliphatic rings. The summed E-state index contributed by atoms with van der Waals surface area (Å²) in [6.07, 6.45) is 9.69. The number of anilines is 1. The van der Waals surface area contributed by atoms with Crippen LogP contribution in [0.15, 0.2) is 53.9 Å². The quantitative estimate of drug-likeness (QED) is 0.384. The van der Waals surface area contributed by atoms with Crippen LogP contribution in [0.4, 0.5) is 5.13 Å². The third-order valence-electron chi connectivity index (χ3n) is 7.50. The van der Waals surface area contributed by atoms with Crippen LogP contribution in [0.5, 0.6) is 5.75 Å². The van der Waals surface area contributed by atoms with E-state index in [1.807, 2.05) is 12.1 Å². The highest BCUT2D eigenvalue weighted by Gasteiger charge is 2.26. The lowest BCUT2D eigenvalue weighted by Crippen LogP contribution is -2.34. The van der Waals surface area contributed by atoms with E-state index >= 15 is 0 Å². The summed E-state index contributed by atoms with van der Waals surface area (Å²) in [5.74, 6) is 0.612. The van der Waals surface area contributed by atoms with E-state index in [9.17, 15) is 9.90 Å². The van der Waals surface area contributed by atoms with E-state index in [1.165, 1.54) is 25.7 Å². The average molecular weight is 490 g/mol. The van der Waals surface area contributed by atoms with Crippen LogP contribution in [0.1, 0.15) is 74.2 Å². The van der Waals surface area contributed by atoms with Gasteiger partial charge < -0.3 is 19.5 Å². The van der Waals surface area contributed by atoms with Crippen molar-refractivity contribution in [2.75, 3.05) is 4.90 Å². The van der Waals surface area contributed by atoms with Gasteiger partial charge >= 0.3 is 0 Å². The molecule has 2 aromatic carbocycles. The first-order chi connectivity index (χ1) is 17.1. The molecule has 0 amide bonds. The molecule has 2 aliphatic carbocycles. The molecule has 5 nitrogen and oxygen atoms in total. The Balaban J connectivity index is 1.33. The molecule has 0 unspecified atom stereocenters. The first-order valence-electron chi connectivity index (χ1n) is 12.9. The van der Waals surface area contributed by atoms with Gasteiger partial charge in [0.25, 0.3) is 0 Å². The lowest BCUT2D eigenvalue weighted by molar-refractivity contribution is -0.255. The zero-order valence-electron chi connectivity index (χ0n) is 20.3. The van der Waals surface area contributed by atoms with Gasteiger partial charge in [0.15, 0.2) is 5.13 Å². The third-order valence-corrected chi connectivity index (χ3v) is 8.37.